The van der Waals surface area contributed by atoms with Gasteiger partial charge in [0.1, 0.15) is 0 Å². The van der Waals surface area contributed by atoms with Crippen LogP contribution in [0.25, 0.3) is 0 Å². The van der Waals surface area contributed by atoms with E-state index in [4.69, 9.17) is 0 Å². The van der Waals surface area contributed by atoms with Gasteiger partial charge in [-0.1, -0.05) is 6.07 Å². The van der Waals surface area contributed by atoms with Gasteiger partial charge in [-0.2, -0.15) is 5.10 Å². The number of likely N-dealkylation sites (tertiary alicyclic amines) is 1. The highest BCUT2D eigenvalue weighted by Gasteiger charge is 2.31. The Morgan fingerprint density at radius 3 is 2.73 bits per heavy atom. The van der Waals surface area contributed by atoms with Crippen LogP contribution in [0.1, 0.15) is 30.0 Å². The summed E-state index contributed by atoms with van der Waals surface area (Å²) < 4.78 is 28.3. The molecule has 1 aliphatic heterocycles. The van der Waals surface area contributed by atoms with Crippen LogP contribution >= 0.6 is 0 Å². The average molecular weight is 362 g/mol. The van der Waals surface area contributed by atoms with Gasteiger partial charge in [-0.05, 0) is 63.5 Å². The van der Waals surface area contributed by atoms with Crippen molar-refractivity contribution in [3.05, 3.63) is 53.4 Å². The Bertz CT molecular complexity index is 730. The summed E-state index contributed by atoms with van der Waals surface area (Å²) in [6.45, 7) is 2.91. The lowest BCUT2D eigenvalue weighted by atomic mass is 9.85. The van der Waals surface area contributed by atoms with E-state index in [1.54, 1.807) is 6.07 Å². The quantitative estimate of drug-likeness (QED) is 0.788. The maximum Gasteiger partial charge on any atom is 0.159 e. The van der Waals surface area contributed by atoms with Crippen molar-refractivity contribution in [3.8, 4) is 0 Å². The van der Waals surface area contributed by atoms with Crippen molar-refractivity contribution in [2.75, 3.05) is 33.7 Å². The molecule has 0 spiro atoms. The summed E-state index contributed by atoms with van der Waals surface area (Å²) in [6, 6.07) is 4.55. The Labute approximate surface area is 154 Å². The molecule has 26 heavy (non-hydrogen) atoms. The minimum Gasteiger partial charge on any atom is -0.306 e. The van der Waals surface area contributed by atoms with E-state index in [1.165, 1.54) is 30.5 Å². The lowest BCUT2D eigenvalue weighted by molar-refractivity contribution is 0.0946. The SMILES string of the molecule is CN(CCc1ccc(F)c(F)c1)C[C@@H]1CCCN(C)[C@H]1c1cnn(C)c1. The van der Waals surface area contributed by atoms with Crippen molar-refractivity contribution in [1.82, 2.24) is 19.6 Å². The molecule has 1 aromatic heterocycles. The van der Waals surface area contributed by atoms with Crippen molar-refractivity contribution in [2.45, 2.75) is 25.3 Å². The summed E-state index contributed by atoms with van der Waals surface area (Å²) in [4.78, 5) is 4.73. The maximum absolute atomic E-state index is 13.4. The van der Waals surface area contributed by atoms with E-state index in [9.17, 15) is 8.78 Å². The summed E-state index contributed by atoms with van der Waals surface area (Å²) in [6.07, 6.45) is 7.20. The largest absolute Gasteiger partial charge is 0.306 e. The van der Waals surface area contributed by atoms with Gasteiger partial charge in [-0.3, -0.25) is 9.58 Å². The van der Waals surface area contributed by atoms with Crippen LogP contribution in [0.5, 0.6) is 0 Å². The molecule has 3 rings (SSSR count). The van der Waals surface area contributed by atoms with E-state index in [1.807, 2.05) is 17.9 Å². The number of likely N-dealkylation sites (N-methyl/N-ethyl adjacent to an activating group) is 1. The number of halogens is 2. The van der Waals surface area contributed by atoms with Gasteiger partial charge in [0.05, 0.1) is 6.20 Å². The van der Waals surface area contributed by atoms with E-state index in [0.717, 1.165) is 25.2 Å². The van der Waals surface area contributed by atoms with Crippen LogP contribution in [0.15, 0.2) is 30.6 Å². The highest BCUT2D eigenvalue weighted by atomic mass is 19.2. The van der Waals surface area contributed by atoms with Gasteiger partial charge >= 0.3 is 0 Å². The van der Waals surface area contributed by atoms with E-state index >= 15 is 0 Å². The van der Waals surface area contributed by atoms with Gasteiger partial charge < -0.3 is 4.90 Å². The zero-order valence-electron chi connectivity index (χ0n) is 15.8. The van der Waals surface area contributed by atoms with E-state index in [2.05, 4.69) is 35.2 Å². The third kappa shape index (κ3) is 4.48. The first-order valence-electron chi connectivity index (χ1n) is 9.25. The Hall–Kier alpha value is -1.79. The lowest BCUT2D eigenvalue weighted by Crippen LogP contribution is -2.41. The summed E-state index contributed by atoms with van der Waals surface area (Å²) in [5.41, 5.74) is 2.11. The predicted molar refractivity (Wildman–Crippen MR) is 98.9 cm³/mol. The van der Waals surface area contributed by atoms with Crippen molar-refractivity contribution in [3.63, 3.8) is 0 Å². The number of hydrogen-bond donors (Lipinski definition) is 0. The molecule has 0 unspecified atom stereocenters. The van der Waals surface area contributed by atoms with Crippen molar-refractivity contribution < 1.29 is 8.78 Å². The molecule has 0 saturated carbocycles. The van der Waals surface area contributed by atoms with E-state index in [-0.39, 0.29) is 0 Å². The summed E-state index contributed by atoms with van der Waals surface area (Å²) >= 11 is 0. The van der Waals surface area contributed by atoms with Gasteiger partial charge in [0.2, 0.25) is 0 Å². The molecular weight excluding hydrogens is 334 g/mol. The summed E-state index contributed by atoms with van der Waals surface area (Å²) in [5, 5.41) is 4.34. The standard InChI is InChI=1S/C20H28F2N4/c1-24(10-8-15-6-7-18(21)19(22)11-15)13-16-5-4-9-25(2)20(16)17-12-23-26(3)14-17/h6-7,11-12,14,16,20H,4-5,8-10,13H2,1-3H3/t16-,20+/m0/s1. The molecule has 2 aromatic rings. The van der Waals surface area contributed by atoms with Gasteiger partial charge in [-0.15, -0.1) is 0 Å². The second kappa shape index (κ2) is 8.27. The molecular formula is C20H28F2N4. The second-order valence-electron chi connectivity index (χ2n) is 7.54. The minimum atomic E-state index is -0.786. The third-order valence-corrected chi connectivity index (χ3v) is 5.39. The molecule has 0 amide bonds. The molecule has 1 fully saturated rings. The maximum atomic E-state index is 13.4. The highest BCUT2D eigenvalue weighted by molar-refractivity contribution is 5.18. The van der Waals surface area contributed by atoms with Crippen molar-refractivity contribution >= 4 is 0 Å². The Morgan fingerprint density at radius 2 is 2.04 bits per heavy atom. The van der Waals surface area contributed by atoms with E-state index in [0.29, 0.717) is 18.4 Å². The Balaban J connectivity index is 1.60. The van der Waals surface area contributed by atoms with Crippen LogP contribution in [0.4, 0.5) is 8.78 Å². The lowest BCUT2D eigenvalue weighted by Gasteiger charge is -2.40. The van der Waals surface area contributed by atoms with Crippen LogP contribution in [0.3, 0.4) is 0 Å². The fraction of sp³-hybridized carbons (Fsp3) is 0.550. The average Bonchev–Trinajstić information content (AvgIpc) is 3.02. The summed E-state index contributed by atoms with van der Waals surface area (Å²) in [5.74, 6) is -1.02. The van der Waals surface area contributed by atoms with E-state index < -0.39 is 11.6 Å². The highest BCUT2D eigenvalue weighted by Crippen LogP contribution is 2.35. The third-order valence-electron chi connectivity index (χ3n) is 5.39. The number of piperidine rings is 1. The second-order valence-corrected chi connectivity index (χ2v) is 7.54. The van der Waals surface area contributed by atoms with Gasteiger partial charge in [-0.25, -0.2) is 8.78 Å². The Morgan fingerprint density at radius 1 is 1.23 bits per heavy atom. The predicted octanol–water partition coefficient (Wildman–Crippen LogP) is 3.26. The van der Waals surface area contributed by atoms with Crippen LogP contribution in [0.2, 0.25) is 0 Å². The van der Waals surface area contributed by atoms with Crippen LogP contribution in [0, 0.1) is 17.6 Å². The van der Waals surface area contributed by atoms with Gasteiger partial charge in [0.25, 0.3) is 0 Å². The molecule has 2 atom stereocenters. The number of aromatic nitrogens is 2. The number of nitrogens with zero attached hydrogens (tertiary/aromatic N) is 4. The first-order chi connectivity index (χ1) is 12.4. The molecule has 1 aliphatic rings. The zero-order chi connectivity index (χ0) is 18.7. The molecule has 2 heterocycles. The molecule has 142 valence electrons. The molecule has 1 saturated heterocycles. The molecule has 1 aromatic carbocycles. The zero-order valence-corrected chi connectivity index (χ0v) is 15.8. The van der Waals surface area contributed by atoms with Crippen LogP contribution in [-0.4, -0.2) is 53.3 Å². The van der Waals surface area contributed by atoms with Crippen molar-refractivity contribution in [1.29, 1.82) is 0 Å². The molecule has 4 nitrogen and oxygen atoms in total. The molecule has 0 N–H and O–H groups in total. The fourth-order valence-corrected chi connectivity index (χ4v) is 4.08. The van der Waals surface area contributed by atoms with Crippen LogP contribution < -0.4 is 0 Å². The molecule has 6 heteroatoms. The number of rotatable bonds is 6. The van der Waals surface area contributed by atoms with Gasteiger partial charge in [0.15, 0.2) is 11.6 Å². The number of aryl methyl sites for hydroxylation is 1. The number of hydrogen-bond acceptors (Lipinski definition) is 3. The first kappa shape index (κ1) is 19.0. The topological polar surface area (TPSA) is 24.3 Å². The molecule has 0 radical (unpaired) electrons. The van der Waals surface area contributed by atoms with Gasteiger partial charge in [0, 0.05) is 37.9 Å². The molecule has 0 bridgehead atoms. The molecule has 0 aliphatic carbocycles. The number of benzene rings is 1. The first-order valence-corrected chi connectivity index (χ1v) is 9.25. The minimum absolute atomic E-state index is 0.378. The monoisotopic (exact) mass is 362 g/mol. The van der Waals surface area contributed by atoms with Crippen LogP contribution in [-0.2, 0) is 13.5 Å². The summed E-state index contributed by atoms with van der Waals surface area (Å²) in [7, 11) is 6.25. The Kier molecular flexibility index (Phi) is 6.04. The smallest absolute Gasteiger partial charge is 0.159 e. The normalized spacial score (nSPS) is 21.5. The fourth-order valence-electron chi connectivity index (χ4n) is 4.08. The van der Waals surface area contributed by atoms with Crippen molar-refractivity contribution in [2.24, 2.45) is 13.0 Å².